The minimum atomic E-state index is 0.367. The zero-order valence-electron chi connectivity index (χ0n) is 9.00. The third kappa shape index (κ3) is 2.94. The van der Waals surface area contributed by atoms with Crippen molar-refractivity contribution in [3.8, 4) is 0 Å². The van der Waals surface area contributed by atoms with Crippen molar-refractivity contribution in [2.24, 2.45) is 5.92 Å². The summed E-state index contributed by atoms with van der Waals surface area (Å²) in [6.07, 6.45) is 5.48. The Morgan fingerprint density at radius 2 is 2.29 bits per heavy atom. The Hall–Kier alpha value is -0.120. The summed E-state index contributed by atoms with van der Waals surface area (Å²) in [6.45, 7) is 2.55. The highest BCUT2D eigenvalue weighted by Gasteiger charge is 2.30. The van der Waals surface area contributed by atoms with Crippen molar-refractivity contribution in [2.45, 2.75) is 37.8 Å². The third-order valence-electron chi connectivity index (χ3n) is 3.19. The number of nitrogens with one attached hydrogen (secondary N) is 1. The Balaban J connectivity index is 1.56. The summed E-state index contributed by atoms with van der Waals surface area (Å²) >= 11 is 0. The average molecular weight is 199 g/mol. The Kier molecular flexibility index (Phi) is 3.79. The van der Waals surface area contributed by atoms with E-state index in [1.807, 2.05) is 7.05 Å². The first-order chi connectivity index (χ1) is 6.90. The van der Waals surface area contributed by atoms with E-state index in [2.05, 4.69) is 5.32 Å². The SMILES string of the molecule is CNC(COCC1CCCO1)C1CC1. The maximum Gasteiger partial charge on any atom is 0.0809 e. The molecule has 2 rings (SSSR count). The Morgan fingerprint density at radius 3 is 2.86 bits per heavy atom. The highest BCUT2D eigenvalue weighted by atomic mass is 16.5. The highest BCUT2D eigenvalue weighted by molar-refractivity contribution is 4.85. The number of hydrogen-bond acceptors (Lipinski definition) is 3. The van der Waals surface area contributed by atoms with Gasteiger partial charge in [-0.25, -0.2) is 0 Å². The molecule has 0 amide bonds. The molecular weight excluding hydrogens is 178 g/mol. The molecule has 0 aromatic rings. The van der Waals surface area contributed by atoms with Crippen molar-refractivity contribution in [3.05, 3.63) is 0 Å². The van der Waals surface area contributed by atoms with Gasteiger partial charge in [-0.3, -0.25) is 0 Å². The molecule has 2 atom stereocenters. The zero-order chi connectivity index (χ0) is 9.80. The van der Waals surface area contributed by atoms with Crippen molar-refractivity contribution in [1.82, 2.24) is 5.32 Å². The van der Waals surface area contributed by atoms with E-state index in [1.54, 1.807) is 0 Å². The summed E-state index contributed by atoms with van der Waals surface area (Å²) in [5, 5.41) is 3.32. The first kappa shape index (κ1) is 10.4. The predicted octanol–water partition coefficient (Wildman–Crippen LogP) is 1.18. The van der Waals surface area contributed by atoms with Crippen LogP contribution in [0.25, 0.3) is 0 Å². The quantitative estimate of drug-likeness (QED) is 0.697. The second kappa shape index (κ2) is 5.10. The van der Waals surface area contributed by atoms with E-state index in [0.29, 0.717) is 12.1 Å². The van der Waals surface area contributed by atoms with Gasteiger partial charge >= 0.3 is 0 Å². The van der Waals surface area contributed by atoms with Crippen LogP contribution in [0.5, 0.6) is 0 Å². The van der Waals surface area contributed by atoms with E-state index in [0.717, 1.165) is 25.7 Å². The zero-order valence-corrected chi connectivity index (χ0v) is 9.00. The molecule has 1 aliphatic heterocycles. The number of ether oxygens (including phenoxy) is 2. The van der Waals surface area contributed by atoms with Gasteiger partial charge in [0, 0.05) is 12.6 Å². The van der Waals surface area contributed by atoms with E-state index in [9.17, 15) is 0 Å². The minimum absolute atomic E-state index is 0.367. The van der Waals surface area contributed by atoms with E-state index in [1.165, 1.54) is 25.7 Å². The molecule has 0 aromatic carbocycles. The summed E-state index contributed by atoms with van der Waals surface area (Å²) in [7, 11) is 2.03. The van der Waals surface area contributed by atoms with Crippen LogP contribution in [0.3, 0.4) is 0 Å². The average Bonchev–Trinajstić information content (AvgIpc) is 2.91. The molecule has 0 bridgehead atoms. The fourth-order valence-electron chi connectivity index (χ4n) is 2.06. The summed E-state index contributed by atoms with van der Waals surface area (Å²) in [5.74, 6) is 0.865. The second-order valence-corrected chi connectivity index (χ2v) is 4.41. The van der Waals surface area contributed by atoms with Gasteiger partial charge in [0.05, 0.1) is 19.3 Å². The Labute approximate surface area is 86.2 Å². The molecule has 1 aliphatic carbocycles. The molecule has 82 valence electrons. The van der Waals surface area contributed by atoms with Crippen molar-refractivity contribution < 1.29 is 9.47 Å². The molecule has 0 radical (unpaired) electrons. The van der Waals surface area contributed by atoms with Crippen LogP contribution >= 0.6 is 0 Å². The lowest BCUT2D eigenvalue weighted by atomic mass is 10.2. The van der Waals surface area contributed by atoms with Gasteiger partial charge in [-0.1, -0.05) is 0 Å². The molecule has 2 fully saturated rings. The fraction of sp³-hybridized carbons (Fsp3) is 1.00. The summed E-state index contributed by atoms with van der Waals surface area (Å²) in [5.41, 5.74) is 0. The molecule has 14 heavy (non-hydrogen) atoms. The summed E-state index contributed by atoms with van der Waals surface area (Å²) < 4.78 is 11.2. The molecule has 1 heterocycles. The maximum absolute atomic E-state index is 5.68. The number of hydrogen-bond donors (Lipinski definition) is 1. The van der Waals surface area contributed by atoms with Gasteiger partial charge in [-0.15, -0.1) is 0 Å². The van der Waals surface area contributed by atoms with Crippen LogP contribution in [-0.2, 0) is 9.47 Å². The topological polar surface area (TPSA) is 30.5 Å². The molecule has 1 saturated carbocycles. The molecule has 3 nitrogen and oxygen atoms in total. The maximum atomic E-state index is 5.68. The molecule has 1 N–H and O–H groups in total. The lowest BCUT2D eigenvalue weighted by molar-refractivity contribution is 0.00898. The van der Waals surface area contributed by atoms with E-state index in [4.69, 9.17) is 9.47 Å². The van der Waals surface area contributed by atoms with Crippen molar-refractivity contribution in [3.63, 3.8) is 0 Å². The van der Waals surface area contributed by atoms with Crippen molar-refractivity contribution in [2.75, 3.05) is 26.9 Å². The molecule has 3 heteroatoms. The summed E-state index contributed by atoms with van der Waals surface area (Å²) in [4.78, 5) is 0. The second-order valence-electron chi connectivity index (χ2n) is 4.41. The van der Waals surface area contributed by atoms with Crippen LogP contribution in [0.4, 0.5) is 0 Å². The van der Waals surface area contributed by atoms with Gasteiger partial charge in [-0.2, -0.15) is 0 Å². The largest absolute Gasteiger partial charge is 0.377 e. The number of rotatable bonds is 6. The monoisotopic (exact) mass is 199 g/mol. The first-order valence-corrected chi connectivity index (χ1v) is 5.76. The van der Waals surface area contributed by atoms with Gasteiger partial charge in [0.25, 0.3) is 0 Å². The molecule has 2 unspecified atom stereocenters. The highest BCUT2D eigenvalue weighted by Crippen LogP contribution is 2.32. The van der Waals surface area contributed by atoms with Gasteiger partial charge in [0.2, 0.25) is 0 Å². The van der Waals surface area contributed by atoms with Gasteiger partial charge < -0.3 is 14.8 Å². The standard InChI is InChI=1S/C11H21NO2/c1-12-11(9-4-5-9)8-13-7-10-3-2-6-14-10/h9-12H,2-8H2,1H3. The first-order valence-electron chi connectivity index (χ1n) is 5.76. The van der Waals surface area contributed by atoms with Crippen LogP contribution in [0.2, 0.25) is 0 Å². The van der Waals surface area contributed by atoms with E-state index < -0.39 is 0 Å². The normalized spacial score (nSPS) is 29.4. The van der Waals surface area contributed by atoms with Gasteiger partial charge in [-0.05, 0) is 38.6 Å². The fourth-order valence-corrected chi connectivity index (χ4v) is 2.06. The Bertz CT molecular complexity index is 165. The molecule has 0 spiro atoms. The molecule has 1 saturated heterocycles. The molecular formula is C11H21NO2. The van der Waals surface area contributed by atoms with Crippen LogP contribution in [-0.4, -0.2) is 39.0 Å². The summed E-state index contributed by atoms with van der Waals surface area (Å²) in [6, 6.07) is 0.566. The van der Waals surface area contributed by atoms with Crippen LogP contribution in [0.1, 0.15) is 25.7 Å². The van der Waals surface area contributed by atoms with Crippen LogP contribution in [0.15, 0.2) is 0 Å². The van der Waals surface area contributed by atoms with E-state index >= 15 is 0 Å². The lowest BCUT2D eigenvalue weighted by Gasteiger charge is -2.17. The van der Waals surface area contributed by atoms with Crippen molar-refractivity contribution in [1.29, 1.82) is 0 Å². The lowest BCUT2D eigenvalue weighted by Crippen LogP contribution is -2.33. The smallest absolute Gasteiger partial charge is 0.0809 e. The third-order valence-corrected chi connectivity index (χ3v) is 3.19. The van der Waals surface area contributed by atoms with Crippen LogP contribution < -0.4 is 5.32 Å². The van der Waals surface area contributed by atoms with E-state index in [-0.39, 0.29) is 0 Å². The van der Waals surface area contributed by atoms with Gasteiger partial charge in [0.15, 0.2) is 0 Å². The minimum Gasteiger partial charge on any atom is -0.377 e. The predicted molar refractivity (Wildman–Crippen MR) is 55.4 cm³/mol. The Morgan fingerprint density at radius 1 is 1.43 bits per heavy atom. The molecule has 0 aromatic heterocycles. The molecule has 2 aliphatic rings. The van der Waals surface area contributed by atoms with Crippen LogP contribution in [0, 0.1) is 5.92 Å². The number of likely N-dealkylation sites (N-methyl/N-ethyl adjacent to an activating group) is 1. The van der Waals surface area contributed by atoms with Gasteiger partial charge in [0.1, 0.15) is 0 Å². The van der Waals surface area contributed by atoms with Crippen molar-refractivity contribution >= 4 is 0 Å².